The van der Waals surface area contributed by atoms with Gasteiger partial charge in [0, 0.05) is 11.3 Å². The number of carboxylic acid groups (broad SMARTS) is 1. The standard InChI is InChI=1S/C15H13NO8S/c17-12-7-11(13(18)5-8(12)6-14(19)20)15(21)16-9-1-3-10(4-2-9)25(22,23)24/h1-5,7,17-18H,6H2,(H,16,21)(H,19,20)(H,22,23,24). The van der Waals surface area contributed by atoms with E-state index in [9.17, 15) is 28.2 Å². The van der Waals surface area contributed by atoms with Crippen LogP contribution < -0.4 is 5.32 Å². The number of rotatable bonds is 5. The fraction of sp³-hybridized carbons (Fsp3) is 0.0667. The number of nitrogens with one attached hydrogen (secondary N) is 1. The number of benzene rings is 2. The van der Waals surface area contributed by atoms with Crippen LogP contribution in [-0.4, -0.2) is 40.2 Å². The molecule has 2 rings (SSSR count). The number of carbonyl (C=O) groups excluding carboxylic acids is 1. The quantitative estimate of drug-likeness (QED) is 0.389. The van der Waals surface area contributed by atoms with E-state index in [1.54, 1.807) is 0 Å². The normalized spacial score (nSPS) is 11.1. The number of hydrogen-bond donors (Lipinski definition) is 5. The SMILES string of the molecule is O=C(O)Cc1cc(O)c(C(=O)Nc2ccc(S(=O)(=O)O)cc2)cc1O. The number of phenolic OH excluding ortho intramolecular Hbond substituents is 2. The molecule has 132 valence electrons. The minimum Gasteiger partial charge on any atom is -0.508 e. The first-order valence-corrected chi connectivity index (χ1v) is 8.17. The molecule has 2 aromatic carbocycles. The van der Waals surface area contributed by atoms with E-state index in [1.165, 1.54) is 12.1 Å². The first-order valence-electron chi connectivity index (χ1n) is 6.73. The molecule has 0 fully saturated rings. The molecule has 0 saturated carbocycles. The molecule has 0 unspecified atom stereocenters. The molecule has 0 bridgehead atoms. The highest BCUT2D eigenvalue weighted by atomic mass is 32.2. The highest BCUT2D eigenvalue weighted by Crippen LogP contribution is 2.28. The molecule has 1 amide bonds. The van der Waals surface area contributed by atoms with Crippen LogP contribution in [0.15, 0.2) is 41.3 Å². The molecule has 10 heteroatoms. The highest BCUT2D eigenvalue weighted by molar-refractivity contribution is 7.85. The zero-order valence-electron chi connectivity index (χ0n) is 12.5. The van der Waals surface area contributed by atoms with Crippen molar-refractivity contribution < 1.29 is 37.9 Å². The molecule has 0 aliphatic heterocycles. The Morgan fingerprint density at radius 3 is 2.12 bits per heavy atom. The number of amides is 1. The largest absolute Gasteiger partial charge is 0.508 e. The fourth-order valence-electron chi connectivity index (χ4n) is 2.02. The van der Waals surface area contributed by atoms with Crippen LogP contribution in [-0.2, 0) is 21.3 Å². The van der Waals surface area contributed by atoms with Gasteiger partial charge in [-0.3, -0.25) is 14.1 Å². The zero-order valence-corrected chi connectivity index (χ0v) is 13.3. The van der Waals surface area contributed by atoms with Crippen LogP contribution in [0.5, 0.6) is 11.5 Å². The number of carbonyl (C=O) groups is 2. The highest BCUT2D eigenvalue weighted by Gasteiger charge is 2.17. The number of anilines is 1. The smallest absolute Gasteiger partial charge is 0.307 e. The Labute approximate surface area is 141 Å². The van der Waals surface area contributed by atoms with Gasteiger partial charge in [-0.15, -0.1) is 0 Å². The summed E-state index contributed by atoms with van der Waals surface area (Å²) in [4.78, 5) is 22.4. The van der Waals surface area contributed by atoms with Gasteiger partial charge in [-0.1, -0.05) is 0 Å². The maximum absolute atomic E-state index is 12.1. The van der Waals surface area contributed by atoms with Crippen LogP contribution in [0.4, 0.5) is 5.69 Å². The Hall–Kier alpha value is -3.11. The van der Waals surface area contributed by atoms with Crippen molar-refractivity contribution in [1.29, 1.82) is 0 Å². The molecule has 0 aliphatic rings. The summed E-state index contributed by atoms with van der Waals surface area (Å²) in [5, 5.41) is 30.7. The third-order valence-electron chi connectivity index (χ3n) is 3.19. The van der Waals surface area contributed by atoms with E-state index < -0.39 is 39.9 Å². The summed E-state index contributed by atoms with van der Waals surface area (Å²) in [7, 11) is -4.36. The minimum atomic E-state index is -4.36. The van der Waals surface area contributed by atoms with Gasteiger partial charge in [0.05, 0.1) is 16.9 Å². The van der Waals surface area contributed by atoms with Gasteiger partial charge in [0.15, 0.2) is 0 Å². The van der Waals surface area contributed by atoms with Crippen molar-refractivity contribution in [3.8, 4) is 11.5 Å². The molecular formula is C15H13NO8S. The number of aliphatic carboxylic acids is 1. The Morgan fingerprint density at radius 1 is 1.00 bits per heavy atom. The number of aromatic hydroxyl groups is 2. The van der Waals surface area contributed by atoms with Gasteiger partial charge in [0.2, 0.25) is 0 Å². The van der Waals surface area contributed by atoms with Crippen LogP contribution in [0.3, 0.4) is 0 Å². The molecule has 2 aromatic rings. The van der Waals surface area contributed by atoms with Crippen LogP contribution in [0.25, 0.3) is 0 Å². The van der Waals surface area contributed by atoms with Gasteiger partial charge in [-0.05, 0) is 36.4 Å². The maximum Gasteiger partial charge on any atom is 0.307 e. The molecule has 0 aromatic heterocycles. The van der Waals surface area contributed by atoms with E-state index in [1.807, 2.05) is 0 Å². The molecule has 0 spiro atoms. The van der Waals surface area contributed by atoms with E-state index in [2.05, 4.69) is 5.32 Å². The minimum absolute atomic E-state index is 0.0564. The van der Waals surface area contributed by atoms with Gasteiger partial charge < -0.3 is 20.6 Å². The van der Waals surface area contributed by atoms with E-state index in [0.717, 1.165) is 24.3 Å². The molecule has 0 aliphatic carbocycles. The van der Waals surface area contributed by atoms with Crippen LogP contribution in [0, 0.1) is 0 Å². The molecule has 0 saturated heterocycles. The number of phenols is 2. The van der Waals surface area contributed by atoms with Gasteiger partial charge >= 0.3 is 5.97 Å². The summed E-state index contributed by atoms with van der Waals surface area (Å²) in [5.74, 6) is -3.02. The van der Waals surface area contributed by atoms with E-state index in [4.69, 9.17) is 9.66 Å². The van der Waals surface area contributed by atoms with Gasteiger partial charge in [-0.25, -0.2) is 0 Å². The predicted molar refractivity (Wildman–Crippen MR) is 85.3 cm³/mol. The average molecular weight is 367 g/mol. The predicted octanol–water partition coefficient (Wildman–Crippen LogP) is 1.22. The van der Waals surface area contributed by atoms with E-state index in [-0.39, 0.29) is 21.7 Å². The molecule has 5 N–H and O–H groups in total. The summed E-state index contributed by atoms with van der Waals surface area (Å²) in [6, 6.07) is 6.47. The Bertz CT molecular complexity index is 935. The molecule has 0 radical (unpaired) electrons. The van der Waals surface area contributed by atoms with Crippen molar-refractivity contribution in [1.82, 2.24) is 0 Å². The molecule has 9 nitrogen and oxygen atoms in total. The van der Waals surface area contributed by atoms with Crippen LogP contribution in [0.1, 0.15) is 15.9 Å². The molecule has 0 atom stereocenters. The Kier molecular flexibility index (Phi) is 4.95. The topological polar surface area (TPSA) is 161 Å². The van der Waals surface area contributed by atoms with Gasteiger partial charge in [0.25, 0.3) is 16.0 Å². The average Bonchev–Trinajstić information content (AvgIpc) is 2.49. The third kappa shape index (κ3) is 4.46. The van der Waals surface area contributed by atoms with Crippen molar-refractivity contribution in [2.24, 2.45) is 0 Å². The van der Waals surface area contributed by atoms with Crippen molar-refractivity contribution in [2.75, 3.05) is 5.32 Å². The van der Waals surface area contributed by atoms with Gasteiger partial charge in [-0.2, -0.15) is 8.42 Å². The third-order valence-corrected chi connectivity index (χ3v) is 4.06. The zero-order chi connectivity index (χ0) is 18.8. The van der Waals surface area contributed by atoms with Crippen molar-refractivity contribution in [3.05, 3.63) is 47.5 Å². The second-order valence-electron chi connectivity index (χ2n) is 5.02. The van der Waals surface area contributed by atoms with E-state index in [0.29, 0.717) is 0 Å². The fourth-order valence-corrected chi connectivity index (χ4v) is 2.50. The lowest BCUT2D eigenvalue weighted by molar-refractivity contribution is -0.136. The first-order chi connectivity index (χ1) is 11.6. The van der Waals surface area contributed by atoms with Crippen molar-refractivity contribution in [3.63, 3.8) is 0 Å². The molecular weight excluding hydrogens is 354 g/mol. The first kappa shape index (κ1) is 18.2. The summed E-state index contributed by atoms with van der Waals surface area (Å²) < 4.78 is 30.8. The summed E-state index contributed by atoms with van der Waals surface area (Å²) >= 11 is 0. The lowest BCUT2D eigenvalue weighted by Gasteiger charge is -2.10. The number of hydrogen-bond acceptors (Lipinski definition) is 6. The monoisotopic (exact) mass is 367 g/mol. The Balaban J connectivity index is 2.23. The Morgan fingerprint density at radius 2 is 1.60 bits per heavy atom. The lowest BCUT2D eigenvalue weighted by Crippen LogP contribution is -2.13. The molecule has 0 heterocycles. The summed E-state index contributed by atoms with van der Waals surface area (Å²) in [6.07, 6.45) is -0.529. The van der Waals surface area contributed by atoms with E-state index >= 15 is 0 Å². The van der Waals surface area contributed by atoms with Crippen LogP contribution in [0.2, 0.25) is 0 Å². The molecule has 25 heavy (non-hydrogen) atoms. The second kappa shape index (κ2) is 6.79. The summed E-state index contributed by atoms with van der Waals surface area (Å²) in [6.45, 7) is 0. The lowest BCUT2D eigenvalue weighted by atomic mass is 10.1. The van der Waals surface area contributed by atoms with Gasteiger partial charge in [0.1, 0.15) is 11.5 Å². The van der Waals surface area contributed by atoms with Crippen molar-refractivity contribution >= 4 is 27.7 Å². The maximum atomic E-state index is 12.1. The van der Waals surface area contributed by atoms with Crippen molar-refractivity contribution in [2.45, 2.75) is 11.3 Å². The summed E-state index contributed by atoms with van der Waals surface area (Å²) in [5.41, 5.74) is -0.185. The number of carboxylic acids is 1. The van der Waals surface area contributed by atoms with Crippen LogP contribution >= 0.6 is 0 Å². The second-order valence-corrected chi connectivity index (χ2v) is 6.44.